The van der Waals surface area contributed by atoms with Crippen LogP contribution in [0.25, 0.3) is 0 Å². The number of rotatable bonds is 4. The molecule has 1 saturated carbocycles. The molecule has 3 nitrogen and oxygen atoms in total. The Kier molecular flexibility index (Phi) is 5.55. The number of carbonyl (C=O) groups is 1. The van der Waals surface area contributed by atoms with Crippen molar-refractivity contribution >= 4 is 5.91 Å². The Labute approximate surface area is 134 Å². The Bertz CT molecular complexity index is 557. The van der Waals surface area contributed by atoms with Crippen LogP contribution in [-0.4, -0.2) is 24.7 Å². The SMILES string of the molecule is CCOc1ccc(C(=O)NC2CCCC(C(F)(F)F)C2)cc1C. The highest BCUT2D eigenvalue weighted by Crippen LogP contribution is 2.37. The molecule has 6 heteroatoms. The van der Waals surface area contributed by atoms with Crippen LogP contribution < -0.4 is 10.1 Å². The largest absolute Gasteiger partial charge is 0.494 e. The van der Waals surface area contributed by atoms with Gasteiger partial charge in [-0.25, -0.2) is 0 Å². The summed E-state index contributed by atoms with van der Waals surface area (Å²) >= 11 is 0. The van der Waals surface area contributed by atoms with Crippen molar-refractivity contribution in [1.82, 2.24) is 5.32 Å². The molecule has 0 heterocycles. The number of benzene rings is 1. The van der Waals surface area contributed by atoms with E-state index in [0.717, 1.165) is 5.56 Å². The molecule has 128 valence electrons. The van der Waals surface area contributed by atoms with Crippen molar-refractivity contribution in [3.05, 3.63) is 29.3 Å². The minimum Gasteiger partial charge on any atom is -0.494 e. The van der Waals surface area contributed by atoms with Crippen LogP contribution in [0.2, 0.25) is 0 Å². The molecule has 23 heavy (non-hydrogen) atoms. The fourth-order valence-corrected chi connectivity index (χ4v) is 3.00. The first-order valence-corrected chi connectivity index (χ1v) is 7.92. The smallest absolute Gasteiger partial charge is 0.391 e. The number of carbonyl (C=O) groups excluding carboxylic acids is 1. The summed E-state index contributed by atoms with van der Waals surface area (Å²) < 4.78 is 43.9. The van der Waals surface area contributed by atoms with E-state index >= 15 is 0 Å². The van der Waals surface area contributed by atoms with Crippen LogP contribution in [0.4, 0.5) is 13.2 Å². The molecule has 2 atom stereocenters. The van der Waals surface area contributed by atoms with Gasteiger partial charge in [-0.1, -0.05) is 6.42 Å². The van der Waals surface area contributed by atoms with E-state index in [2.05, 4.69) is 5.32 Å². The Morgan fingerprint density at radius 2 is 2.09 bits per heavy atom. The molecule has 1 fully saturated rings. The molecule has 0 aliphatic heterocycles. The first kappa shape index (κ1) is 17.6. The van der Waals surface area contributed by atoms with E-state index in [9.17, 15) is 18.0 Å². The van der Waals surface area contributed by atoms with Gasteiger partial charge in [-0.05, 0) is 56.9 Å². The Balaban J connectivity index is 2.00. The highest BCUT2D eigenvalue weighted by Gasteiger charge is 2.42. The van der Waals surface area contributed by atoms with Crippen LogP contribution >= 0.6 is 0 Å². The third-order valence-electron chi connectivity index (χ3n) is 4.21. The summed E-state index contributed by atoms with van der Waals surface area (Å²) in [6.07, 6.45) is -2.99. The zero-order valence-electron chi connectivity index (χ0n) is 13.4. The van der Waals surface area contributed by atoms with E-state index in [1.807, 2.05) is 13.8 Å². The summed E-state index contributed by atoms with van der Waals surface area (Å²) in [6, 6.07) is 4.63. The van der Waals surface area contributed by atoms with Crippen LogP contribution in [-0.2, 0) is 0 Å². The second-order valence-corrected chi connectivity index (χ2v) is 5.99. The van der Waals surface area contributed by atoms with Crippen molar-refractivity contribution in [2.24, 2.45) is 5.92 Å². The third kappa shape index (κ3) is 4.62. The van der Waals surface area contributed by atoms with E-state index < -0.39 is 18.1 Å². The number of aryl methyl sites for hydroxylation is 1. The van der Waals surface area contributed by atoms with Gasteiger partial charge in [-0.3, -0.25) is 4.79 Å². The Hall–Kier alpha value is -1.72. The molecule has 2 rings (SSSR count). The highest BCUT2D eigenvalue weighted by atomic mass is 19.4. The second-order valence-electron chi connectivity index (χ2n) is 5.99. The second kappa shape index (κ2) is 7.23. The Morgan fingerprint density at radius 1 is 1.35 bits per heavy atom. The maximum atomic E-state index is 12.8. The summed E-state index contributed by atoms with van der Waals surface area (Å²) in [4.78, 5) is 12.3. The molecular formula is C17H22F3NO2. The molecule has 2 unspecified atom stereocenters. The van der Waals surface area contributed by atoms with Gasteiger partial charge in [0, 0.05) is 11.6 Å². The normalized spacial score (nSPS) is 21.8. The molecule has 0 radical (unpaired) electrons. The van der Waals surface area contributed by atoms with Crippen molar-refractivity contribution in [2.75, 3.05) is 6.61 Å². The third-order valence-corrected chi connectivity index (χ3v) is 4.21. The number of hydrogen-bond donors (Lipinski definition) is 1. The zero-order chi connectivity index (χ0) is 17.0. The van der Waals surface area contributed by atoms with Gasteiger partial charge in [-0.15, -0.1) is 0 Å². The summed E-state index contributed by atoms with van der Waals surface area (Å²) in [6.45, 7) is 4.25. The fraction of sp³-hybridized carbons (Fsp3) is 0.588. The predicted molar refractivity (Wildman–Crippen MR) is 81.6 cm³/mol. The van der Waals surface area contributed by atoms with Gasteiger partial charge >= 0.3 is 6.18 Å². The van der Waals surface area contributed by atoms with E-state index in [-0.39, 0.29) is 18.7 Å². The lowest BCUT2D eigenvalue weighted by molar-refractivity contribution is -0.183. The van der Waals surface area contributed by atoms with Crippen LogP contribution in [0.1, 0.15) is 48.5 Å². The summed E-state index contributed by atoms with van der Waals surface area (Å²) in [7, 11) is 0. The molecule has 1 aromatic carbocycles. The summed E-state index contributed by atoms with van der Waals surface area (Å²) in [5.41, 5.74) is 1.27. The molecule has 0 aromatic heterocycles. The first-order chi connectivity index (χ1) is 10.8. The molecular weight excluding hydrogens is 307 g/mol. The summed E-state index contributed by atoms with van der Waals surface area (Å²) in [5.74, 6) is -0.938. The van der Waals surface area contributed by atoms with Crippen LogP contribution in [0.15, 0.2) is 18.2 Å². The van der Waals surface area contributed by atoms with Crippen LogP contribution in [0.5, 0.6) is 5.75 Å². The minimum atomic E-state index is -4.18. The van der Waals surface area contributed by atoms with Crippen molar-refractivity contribution in [3.8, 4) is 5.75 Å². The zero-order valence-corrected chi connectivity index (χ0v) is 13.4. The van der Waals surface area contributed by atoms with Gasteiger partial charge in [-0.2, -0.15) is 13.2 Å². The topological polar surface area (TPSA) is 38.3 Å². The fourth-order valence-electron chi connectivity index (χ4n) is 3.00. The maximum Gasteiger partial charge on any atom is 0.391 e. The molecule has 0 saturated heterocycles. The van der Waals surface area contributed by atoms with Gasteiger partial charge in [0.1, 0.15) is 5.75 Å². The van der Waals surface area contributed by atoms with Gasteiger partial charge < -0.3 is 10.1 Å². The number of nitrogens with one attached hydrogen (secondary N) is 1. The number of amides is 1. The van der Waals surface area contributed by atoms with Gasteiger partial charge in [0.25, 0.3) is 5.91 Å². The van der Waals surface area contributed by atoms with Crippen LogP contribution in [0.3, 0.4) is 0 Å². The molecule has 1 amide bonds. The molecule has 0 spiro atoms. The van der Waals surface area contributed by atoms with Crippen molar-refractivity contribution in [1.29, 1.82) is 0 Å². The van der Waals surface area contributed by atoms with E-state index in [4.69, 9.17) is 4.74 Å². The molecule has 1 aliphatic rings. The molecule has 1 aromatic rings. The van der Waals surface area contributed by atoms with Gasteiger partial charge in [0.2, 0.25) is 0 Å². The van der Waals surface area contributed by atoms with Crippen molar-refractivity contribution < 1.29 is 22.7 Å². The lowest BCUT2D eigenvalue weighted by atomic mass is 9.85. The standard InChI is InChI=1S/C17H22F3NO2/c1-3-23-15-8-7-12(9-11(15)2)16(22)21-14-6-4-5-13(10-14)17(18,19)20/h7-9,13-14H,3-6,10H2,1-2H3,(H,21,22). The van der Waals surface area contributed by atoms with E-state index in [1.54, 1.807) is 18.2 Å². The van der Waals surface area contributed by atoms with E-state index in [0.29, 0.717) is 30.8 Å². The minimum absolute atomic E-state index is 0.0365. The maximum absolute atomic E-state index is 12.8. The van der Waals surface area contributed by atoms with Crippen LogP contribution in [0, 0.1) is 12.8 Å². The monoisotopic (exact) mass is 329 g/mol. The molecule has 1 N–H and O–H groups in total. The highest BCUT2D eigenvalue weighted by molar-refractivity contribution is 5.94. The molecule has 0 bridgehead atoms. The lowest BCUT2D eigenvalue weighted by Gasteiger charge is -2.31. The number of hydrogen-bond acceptors (Lipinski definition) is 2. The Morgan fingerprint density at radius 3 is 2.70 bits per heavy atom. The average molecular weight is 329 g/mol. The number of halogens is 3. The average Bonchev–Trinajstić information content (AvgIpc) is 2.49. The lowest BCUT2D eigenvalue weighted by Crippen LogP contribution is -2.41. The number of alkyl halides is 3. The van der Waals surface area contributed by atoms with Crippen molar-refractivity contribution in [2.45, 2.75) is 51.7 Å². The van der Waals surface area contributed by atoms with E-state index in [1.165, 1.54) is 0 Å². The summed E-state index contributed by atoms with van der Waals surface area (Å²) in [5, 5.41) is 2.74. The number of ether oxygens (including phenoxy) is 1. The predicted octanol–water partition coefficient (Wildman–Crippen LogP) is 4.24. The van der Waals surface area contributed by atoms with Gasteiger partial charge in [0.05, 0.1) is 12.5 Å². The quantitative estimate of drug-likeness (QED) is 0.897. The van der Waals surface area contributed by atoms with Gasteiger partial charge in [0.15, 0.2) is 0 Å². The van der Waals surface area contributed by atoms with Crippen molar-refractivity contribution in [3.63, 3.8) is 0 Å². The first-order valence-electron chi connectivity index (χ1n) is 7.92. The molecule has 1 aliphatic carbocycles.